The fourth-order valence-electron chi connectivity index (χ4n) is 4.64. The lowest BCUT2D eigenvalue weighted by Crippen LogP contribution is -2.51. The highest BCUT2D eigenvalue weighted by atomic mass is 35.5. The minimum Gasteiger partial charge on any atom is -0.317 e. The summed E-state index contributed by atoms with van der Waals surface area (Å²) in [4.78, 5) is 0.173. The number of rotatable bonds is 4. The fourth-order valence-corrected chi connectivity index (χ4v) is 6.52. The standard InChI is InChI=1S/C21H22ClFN2O2S/c1-2-3-20-21(10-12-24-13-11-21)18-14-16(23)6-9-19(18)25(20)28(26,27)17-7-4-15(22)5-8-17/h2,4-9,14,20,24H,1,3,10-13H2/t20-/m1/s1. The van der Waals surface area contributed by atoms with Gasteiger partial charge in [0.15, 0.2) is 0 Å². The summed E-state index contributed by atoms with van der Waals surface area (Å²) in [6, 6.07) is 10.2. The van der Waals surface area contributed by atoms with E-state index in [1.165, 1.54) is 28.6 Å². The topological polar surface area (TPSA) is 49.4 Å². The van der Waals surface area contributed by atoms with E-state index in [-0.39, 0.29) is 16.8 Å². The maximum Gasteiger partial charge on any atom is 0.264 e. The van der Waals surface area contributed by atoms with E-state index in [1.807, 2.05) is 0 Å². The van der Waals surface area contributed by atoms with Gasteiger partial charge in [-0.1, -0.05) is 17.7 Å². The van der Waals surface area contributed by atoms with Crippen LogP contribution in [0.4, 0.5) is 10.1 Å². The Labute approximate surface area is 170 Å². The molecule has 7 heteroatoms. The normalized spacial score (nSPS) is 20.9. The van der Waals surface area contributed by atoms with E-state index in [1.54, 1.807) is 24.3 Å². The van der Waals surface area contributed by atoms with Gasteiger partial charge < -0.3 is 5.32 Å². The number of hydrogen-bond acceptors (Lipinski definition) is 3. The summed E-state index contributed by atoms with van der Waals surface area (Å²) < 4.78 is 43.0. The first kappa shape index (κ1) is 19.4. The Kier molecular flexibility index (Phi) is 4.98. The van der Waals surface area contributed by atoms with E-state index < -0.39 is 15.4 Å². The zero-order chi connectivity index (χ0) is 19.9. The van der Waals surface area contributed by atoms with Gasteiger partial charge in [0.2, 0.25) is 0 Å². The molecule has 1 N–H and O–H groups in total. The molecule has 0 unspecified atom stereocenters. The molecular formula is C21H22ClFN2O2S. The second kappa shape index (κ2) is 7.17. The third-order valence-electron chi connectivity index (χ3n) is 5.91. The van der Waals surface area contributed by atoms with Crippen molar-refractivity contribution in [2.24, 2.45) is 0 Å². The Hall–Kier alpha value is -1.89. The molecule has 1 fully saturated rings. The van der Waals surface area contributed by atoms with Crippen molar-refractivity contribution in [2.75, 3.05) is 17.4 Å². The van der Waals surface area contributed by atoms with E-state index in [9.17, 15) is 12.8 Å². The molecule has 2 heterocycles. The van der Waals surface area contributed by atoms with Crippen molar-refractivity contribution in [1.29, 1.82) is 0 Å². The first-order chi connectivity index (χ1) is 13.4. The Morgan fingerprint density at radius 2 is 1.89 bits per heavy atom. The van der Waals surface area contributed by atoms with Crippen LogP contribution in [0.2, 0.25) is 5.02 Å². The van der Waals surface area contributed by atoms with Gasteiger partial charge in [0.25, 0.3) is 10.0 Å². The lowest BCUT2D eigenvalue weighted by atomic mass is 9.69. The van der Waals surface area contributed by atoms with Crippen molar-refractivity contribution in [3.05, 3.63) is 71.5 Å². The van der Waals surface area contributed by atoms with Gasteiger partial charge in [0, 0.05) is 10.4 Å². The Bertz CT molecular complexity index is 1000. The third kappa shape index (κ3) is 2.95. The molecule has 4 rings (SSSR count). The molecule has 0 amide bonds. The number of piperidine rings is 1. The second-order valence-electron chi connectivity index (χ2n) is 7.36. The molecule has 28 heavy (non-hydrogen) atoms. The molecule has 0 aliphatic carbocycles. The van der Waals surface area contributed by atoms with Gasteiger partial charge in [0.05, 0.1) is 16.6 Å². The van der Waals surface area contributed by atoms with Crippen LogP contribution in [0.15, 0.2) is 60.0 Å². The molecule has 2 aliphatic rings. The van der Waals surface area contributed by atoms with Crippen LogP contribution in [-0.2, 0) is 15.4 Å². The molecule has 2 aliphatic heterocycles. The van der Waals surface area contributed by atoms with Crippen molar-refractivity contribution in [2.45, 2.75) is 35.6 Å². The zero-order valence-corrected chi connectivity index (χ0v) is 16.9. The molecule has 4 nitrogen and oxygen atoms in total. The number of halogens is 2. The van der Waals surface area contributed by atoms with E-state index in [2.05, 4.69) is 11.9 Å². The van der Waals surface area contributed by atoms with Gasteiger partial charge in [-0.2, -0.15) is 0 Å². The van der Waals surface area contributed by atoms with Crippen molar-refractivity contribution >= 4 is 27.3 Å². The molecule has 0 bridgehead atoms. The van der Waals surface area contributed by atoms with Crippen LogP contribution >= 0.6 is 11.6 Å². The second-order valence-corrected chi connectivity index (χ2v) is 9.61. The van der Waals surface area contributed by atoms with Gasteiger partial charge in [-0.3, -0.25) is 4.31 Å². The Balaban J connectivity index is 1.93. The SMILES string of the molecule is C=CC[C@H]1N(S(=O)(=O)c2ccc(Cl)cc2)c2ccc(F)cc2C12CCNCC2. The number of benzene rings is 2. The van der Waals surface area contributed by atoms with Gasteiger partial charge in [-0.15, -0.1) is 6.58 Å². The van der Waals surface area contributed by atoms with Gasteiger partial charge in [-0.25, -0.2) is 12.8 Å². The predicted octanol–water partition coefficient (Wildman–Crippen LogP) is 4.25. The largest absolute Gasteiger partial charge is 0.317 e. The molecule has 2 aromatic rings. The fraction of sp³-hybridized carbons (Fsp3) is 0.333. The number of nitrogens with one attached hydrogen (secondary N) is 1. The zero-order valence-electron chi connectivity index (χ0n) is 15.4. The number of fused-ring (bicyclic) bond motifs is 2. The highest BCUT2D eigenvalue weighted by Gasteiger charge is 2.54. The lowest BCUT2D eigenvalue weighted by molar-refractivity contribution is 0.273. The maximum absolute atomic E-state index is 14.2. The third-order valence-corrected chi connectivity index (χ3v) is 8.00. The number of sulfonamides is 1. The molecule has 2 aromatic carbocycles. The van der Waals surface area contributed by atoms with E-state index in [4.69, 9.17) is 11.6 Å². The summed E-state index contributed by atoms with van der Waals surface area (Å²) in [7, 11) is -3.84. The molecule has 1 atom stereocenters. The first-order valence-electron chi connectivity index (χ1n) is 9.32. The van der Waals surface area contributed by atoms with Gasteiger partial charge in [0.1, 0.15) is 5.82 Å². The Morgan fingerprint density at radius 1 is 1.21 bits per heavy atom. The molecular weight excluding hydrogens is 399 g/mol. The van der Waals surface area contributed by atoms with E-state index in [0.29, 0.717) is 17.1 Å². The first-order valence-corrected chi connectivity index (χ1v) is 11.1. The van der Waals surface area contributed by atoms with Crippen LogP contribution in [-0.4, -0.2) is 27.5 Å². The van der Waals surface area contributed by atoms with Crippen molar-refractivity contribution in [3.8, 4) is 0 Å². The maximum atomic E-state index is 14.2. The number of nitrogens with zero attached hydrogens (tertiary/aromatic N) is 1. The van der Waals surface area contributed by atoms with Crippen LogP contribution in [0.3, 0.4) is 0 Å². The molecule has 1 saturated heterocycles. The average molecular weight is 421 g/mol. The van der Waals surface area contributed by atoms with E-state index in [0.717, 1.165) is 31.5 Å². The highest BCUT2D eigenvalue weighted by Crippen LogP contribution is 2.53. The smallest absolute Gasteiger partial charge is 0.264 e. The highest BCUT2D eigenvalue weighted by molar-refractivity contribution is 7.92. The summed E-state index contributed by atoms with van der Waals surface area (Å²) in [5.41, 5.74) is 0.902. The van der Waals surface area contributed by atoms with Crippen molar-refractivity contribution in [3.63, 3.8) is 0 Å². The average Bonchev–Trinajstić information content (AvgIpc) is 2.93. The molecule has 0 saturated carbocycles. The van der Waals surface area contributed by atoms with Crippen LogP contribution < -0.4 is 9.62 Å². The summed E-state index contributed by atoms with van der Waals surface area (Å²) in [6.07, 6.45) is 3.73. The summed E-state index contributed by atoms with van der Waals surface area (Å²) in [5.74, 6) is -0.347. The van der Waals surface area contributed by atoms with Gasteiger partial charge in [-0.05, 0) is 80.4 Å². The Morgan fingerprint density at radius 3 is 2.54 bits per heavy atom. The van der Waals surface area contributed by atoms with Crippen LogP contribution in [0, 0.1) is 5.82 Å². The van der Waals surface area contributed by atoms with Gasteiger partial charge >= 0.3 is 0 Å². The number of anilines is 1. The minimum absolute atomic E-state index is 0.173. The predicted molar refractivity (Wildman–Crippen MR) is 110 cm³/mol. The molecule has 0 radical (unpaired) electrons. The number of hydrogen-bond donors (Lipinski definition) is 1. The van der Waals surface area contributed by atoms with Crippen LogP contribution in [0.25, 0.3) is 0 Å². The van der Waals surface area contributed by atoms with Crippen molar-refractivity contribution < 1.29 is 12.8 Å². The molecule has 0 aromatic heterocycles. The summed E-state index contributed by atoms with van der Waals surface area (Å²) in [5, 5.41) is 3.81. The summed E-state index contributed by atoms with van der Waals surface area (Å²) >= 11 is 5.94. The molecule has 1 spiro atoms. The lowest BCUT2D eigenvalue weighted by Gasteiger charge is -2.41. The van der Waals surface area contributed by atoms with Crippen molar-refractivity contribution in [1.82, 2.24) is 5.32 Å². The van der Waals surface area contributed by atoms with Crippen LogP contribution in [0.5, 0.6) is 0 Å². The molecule has 148 valence electrons. The quantitative estimate of drug-likeness (QED) is 0.752. The van der Waals surface area contributed by atoms with Crippen LogP contribution in [0.1, 0.15) is 24.8 Å². The monoisotopic (exact) mass is 420 g/mol. The minimum atomic E-state index is -3.84. The van der Waals surface area contributed by atoms with E-state index >= 15 is 0 Å². The summed E-state index contributed by atoms with van der Waals surface area (Å²) in [6.45, 7) is 5.38.